The molecule has 0 saturated carbocycles. The largest absolute Gasteiger partial charge is 0.385 e. The van der Waals surface area contributed by atoms with Crippen LogP contribution in [-0.2, 0) is 4.74 Å². The van der Waals surface area contributed by atoms with E-state index in [4.69, 9.17) is 16.3 Å². The monoisotopic (exact) mass is 259 g/mol. The lowest BCUT2D eigenvalue weighted by Gasteiger charge is -2.21. The van der Waals surface area contributed by atoms with Crippen molar-refractivity contribution in [3.8, 4) is 0 Å². The molecule has 0 radical (unpaired) electrons. The molecular weight excluding hydrogens is 238 g/mol. The average Bonchev–Trinajstić information content (AvgIpc) is 2.66. The SMILES string of the molecule is CCNC(CCOC)c1c(Cl)cnn1C(C)C. The Morgan fingerprint density at radius 1 is 1.53 bits per heavy atom. The van der Waals surface area contributed by atoms with Gasteiger partial charge in [-0.25, -0.2) is 0 Å². The van der Waals surface area contributed by atoms with Crippen molar-refractivity contribution < 1.29 is 4.74 Å². The van der Waals surface area contributed by atoms with Crippen LogP contribution in [-0.4, -0.2) is 30.0 Å². The van der Waals surface area contributed by atoms with Crippen LogP contribution in [0.1, 0.15) is 45.0 Å². The van der Waals surface area contributed by atoms with Crippen LogP contribution < -0.4 is 5.32 Å². The van der Waals surface area contributed by atoms with E-state index in [1.54, 1.807) is 13.3 Å². The average molecular weight is 260 g/mol. The fourth-order valence-electron chi connectivity index (χ4n) is 1.91. The number of methoxy groups -OCH3 is 1. The Bertz CT molecular complexity index is 338. The van der Waals surface area contributed by atoms with Gasteiger partial charge in [0.25, 0.3) is 0 Å². The fourth-order valence-corrected chi connectivity index (χ4v) is 2.17. The molecular formula is C12H22ClN3O. The Labute approximate surface area is 108 Å². The minimum absolute atomic E-state index is 0.192. The Hall–Kier alpha value is -0.580. The van der Waals surface area contributed by atoms with Gasteiger partial charge in [0.05, 0.1) is 23.0 Å². The predicted molar refractivity (Wildman–Crippen MR) is 70.5 cm³/mol. The first kappa shape index (κ1) is 14.5. The van der Waals surface area contributed by atoms with Gasteiger partial charge in [0.2, 0.25) is 0 Å². The van der Waals surface area contributed by atoms with E-state index in [1.165, 1.54) is 0 Å². The topological polar surface area (TPSA) is 39.1 Å². The zero-order chi connectivity index (χ0) is 12.8. The quantitative estimate of drug-likeness (QED) is 0.819. The van der Waals surface area contributed by atoms with E-state index in [-0.39, 0.29) is 6.04 Å². The molecule has 5 heteroatoms. The van der Waals surface area contributed by atoms with Crippen LogP contribution in [0.4, 0.5) is 0 Å². The third-order valence-corrected chi connectivity index (χ3v) is 2.96. The van der Waals surface area contributed by atoms with Crippen LogP contribution in [0.5, 0.6) is 0 Å². The second-order valence-electron chi connectivity index (χ2n) is 4.31. The summed E-state index contributed by atoms with van der Waals surface area (Å²) in [4.78, 5) is 0. The molecule has 0 aliphatic carbocycles. The molecule has 0 aromatic carbocycles. The standard InChI is InChI=1S/C12H22ClN3O/c1-5-14-11(6-7-17-4)12-10(13)8-15-16(12)9(2)3/h8-9,11,14H,5-7H2,1-4H3. The molecule has 4 nitrogen and oxygen atoms in total. The summed E-state index contributed by atoms with van der Waals surface area (Å²) in [6.07, 6.45) is 2.61. The van der Waals surface area contributed by atoms with Crippen molar-refractivity contribution in [2.24, 2.45) is 0 Å². The molecule has 1 aromatic heterocycles. The van der Waals surface area contributed by atoms with Gasteiger partial charge in [-0.05, 0) is 26.8 Å². The number of aromatic nitrogens is 2. The van der Waals surface area contributed by atoms with E-state index in [1.807, 2.05) is 4.68 Å². The summed E-state index contributed by atoms with van der Waals surface area (Å²) in [6, 6.07) is 0.499. The minimum Gasteiger partial charge on any atom is -0.385 e. The first-order valence-corrected chi connectivity index (χ1v) is 6.44. The lowest BCUT2D eigenvalue weighted by molar-refractivity contribution is 0.181. The molecule has 1 aromatic rings. The fraction of sp³-hybridized carbons (Fsp3) is 0.750. The molecule has 1 unspecified atom stereocenters. The van der Waals surface area contributed by atoms with Crippen molar-refractivity contribution in [3.05, 3.63) is 16.9 Å². The molecule has 0 amide bonds. The van der Waals surface area contributed by atoms with Crippen LogP contribution >= 0.6 is 11.6 Å². The molecule has 0 aliphatic heterocycles. The number of nitrogens with one attached hydrogen (secondary N) is 1. The normalized spacial score (nSPS) is 13.3. The predicted octanol–water partition coefficient (Wildman–Crippen LogP) is 2.80. The zero-order valence-electron chi connectivity index (χ0n) is 11.0. The van der Waals surface area contributed by atoms with Crippen LogP contribution in [0.25, 0.3) is 0 Å². The molecule has 0 bridgehead atoms. The number of hydrogen-bond acceptors (Lipinski definition) is 3. The maximum atomic E-state index is 6.23. The molecule has 0 spiro atoms. The van der Waals surface area contributed by atoms with Gasteiger partial charge in [0.15, 0.2) is 0 Å². The molecule has 0 fully saturated rings. The van der Waals surface area contributed by atoms with Crippen molar-refractivity contribution in [2.75, 3.05) is 20.3 Å². The summed E-state index contributed by atoms with van der Waals surface area (Å²) in [5, 5.41) is 8.48. The van der Waals surface area contributed by atoms with Gasteiger partial charge < -0.3 is 10.1 Å². The number of nitrogens with zero attached hydrogens (tertiary/aromatic N) is 2. The third-order valence-electron chi connectivity index (χ3n) is 2.67. The van der Waals surface area contributed by atoms with E-state index in [0.717, 1.165) is 23.7 Å². The number of ether oxygens (including phenoxy) is 1. The highest BCUT2D eigenvalue weighted by molar-refractivity contribution is 6.31. The Morgan fingerprint density at radius 2 is 2.24 bits per heavy atom. The van der Waals surface area contributed by atoms with Crippen LogP contribution in [0.15, 0.2) is 6.20 Å². The second-order valence-corrected chi connectivity index (χ2v) is 4.72. The summed E-state index contributed by atoms with van der Waals surface area (Å²) in [6.45, 7) is 7.90. The van der Waals surface area contributed by atoms with Gasteiger partial charge >= 0.3 is 0 Å². The van der Waals surface area contributed by atoms with E-state index in [9.17, 15) is 0 Å². The van der Waals surface area contributed by atoms with Crippen LogP contribution in [0, 0.1) is 0 Å². The smallest absolute Gasteiger partial charge is 0.0834 e. The Balaban J connectivity index is 2.94. The molecule has 1 N–H and O–H groups in total. The number of rotatable bonds is 7. The molecule has 17 heavy (non-hydrogen) atoms. The summed E-state index contributed by atoms with van der Waals surface area (Å²) in [5.41, 5.74) is 1.06. The van der Waals surface area contributed by atoms with Gasteiger partial charge in [-0.3, -0.25) is 4.68 Å². The van der Waals surface area contributed by atoms with E-state index in [0.29, 0.717) is 12.6 Å². The molecule has 1 rings (SSSR count). The van der Waals surface area contributed by atoms with E-state index < -0.39 is 0 Å². The molecule has 1 heterocycles. The summed E-state index contributed by atoms with van der Waals surface area (Å²) in [5.74, 6) is 0. The van der Waals surface area contributed by atoms with Crippen molar-refractivity contribution >= 4 is 11.6 Å². The highest BCUT2D eigenvalue weighted by Gasteiger charge is 2.20. The Kier molecular flexibility index (Phi) is 5.95. The van der Waals surface area contributed by atoms with E-state index in [2.05, 4.69) is 31.2 Å². The summed E-state index contributed by atoms with van der Waals surface area (Å²) >= 11 is 6.23. The highest BCUT2D eigenvalue weighted by atomic mass is 35.5. The first-order chi connectivity index (χ1) is 8.11. The van der Waals surface area contributed by atoms with Crippen LogP contribution in [0.2, 0.25) is 5.02 Å². The first-order valence-electron chi connectivity index (χ1n) is 6.07. The van der Waals surface area contributed by atoms with E-state index >= 15 is 0 Å². The Morgan fingerprint density at radius 3 is 2.76 bits per heavy atom. The second kappa shape index (κ2) is 6.99. The lowest BCUT2D eigenvalue weighted by Crippen LogP contribution is -2.26. The van der Waals surface area contributed by atoms with Gasteiger partial charge in [-0.2, -0.15) is 5.10 Å². The molecule has 0 aliphatic rings. The third kappa shape index (κ3) is 3.69. The highest BCUT2D eigenvalue weighted by Crippen LogP contribution is 2.27. The molecule has 0 saturated heterocycles. The van der Waals surface area contributed by atoms with Crippen LogP contribution in [0.3, 0.4) is 0 Å². The minimum atomic E-state index is 0.192. The van der Waals surface area contributed by atoms with Crippen molar-refractivity contribution in [1.29, 1.82) is 0 Å². The van der Waals surface area contributed by atoms with Crippen molar-refractivity contribution in [3.63, 3.8) is 0 Å². The summed E-state index contributed by atoms with van der Waals surface area (Å²) < 4.78 is 7.12. The number of hydrogen-bond donors (Lipinski definition) is 1. The maximum Gasteiger partial charge on any atom is 0.0834 e. The van der Waals surface area contributed by atoms with Gasteiger partial charge in [-0.1, -0.05) is 18.5 Å². The molecule has 98 valence electrons. The van der Waals surface area contributed by atoms with Gasteiger partial charge in [0, 0.05) is 19.8 Å². The van der Waals surface area contributed by atoms with Crippen molar-refractivity contribution in [2.45, 2.75) is 39.3 Å². The van der Waals surface area contributed by atoms with Crippen molar-refractivity contribution in [1.82, 2.24) is 15.1 Å². The molecule has 1 atom stereocenters. The summed E-state index contributed by atoms with van der Waals surface area (Å²) in [7, 11) is 1.71. The maximum absolute atomic E-state index is 6.23. The van der Waals surface area contributed by atoms with Gasteiger partial charge in [-0.15, -0.1) is 0 Å². The zero-order valence-corrected chi connectivity index (χ0v) is 11.8. The van der Waals surface area contributed by atoms with Gasteiger partial charge in [0.1, 0.15) is 0 Å². The lowest BCUT2D eigenvalue weighted by atomic mass is 10.1. The number of halogens is 1.